The van der Waals surface area contributed by atoms with Gasteiger partial charge in [0.15, 0.2) is 0 Å². The summed E-state index contributed by atoms with van der Waals surface area (Å²) in [7, 11) is 0. The summed E-state index contributed by atoms with van der Waals surface area (Å²) in [5.41, 5.74) is 0. The lowest BCUT2D eigenvalue weighted by Gasteiger charge is -2.13. The standard InChI is InChI=1S/C9H10O3/c1-2-9(11)12-8-5-3-7(10)4-6-8/h2-5,8,10H,1,6H2. The van der Waals surface area contributed by atoms with Gasteiger partial charge in [0.05, 0.1) is 0 Å². The van der Waals surface area contributed by atoms with Crippen LogP contribution in [-0.4, -0.2) is 17.2 Å². The molecule has 1 unspecified atom stereocenters. The van der Waals surface area contributed by atoms with Crippen LogP contribution < -0.4 is 0 Å². The van der Waals surface area contributed by atoms with Crippen molar-refractivity contribution in [3.05, 3.63) is 36.6 Å². The third kappa shape index (κ3) is 2.27. The van der Waals surface area contributed by atoms with Crippen molar-refractivity contribution in [3.63, 3.8) is 0 Å². The van der Waals surface area contributed by atoms with E-state index >= 15 is 0 Å². The third-order valence-corrected chi connectivity index (χ3v) is 1.48. The Hall–Kier alpha value is -1.51. The number of rotatable bonds is 2. The summed E-state index contributed by atoms with van der Waals surface area (Å²) >= 11 is 0. The molecular formula is C9H10O3. The number of aliphatic hydroxyl groups is 1. The molecule has 3 heteroatoms. The highest BCUT2D eigenvalue weighted by molar-refractivity contribution is 5.81. The maximum Gasteiger partial charge on any atom is 0.330 e. The molecule has 0 radical (unpaired) electrons. The van der Waals surface area contributed by atoms with Crippen molar-refractivity contribution in [1.29, 1.82) is 0 Å². The van der Waals surface area contributed by atoms with Crippen LogP contribution >= 0.6 is 0 Å². The SMILES string of the molecule is C=CC(=O)OC1C=CC(O)=CC1. The molecule has 0 bridgehead atoms. The lowest BCUT2D eigenvalue weighted by Crippen LogP contribution is -2.15. The van der Waals surface area contributed by atoms with Gasteiger partial charge in [-0.3, -0.25) is 0 Å². The molecule has 0 aromatic rings. The van der Waals surface area contributed by atoms with Gasteiger partial charge in [0.2, 0.25) is 0 Å². The lowest BCUT2D eigenvalue weighted by molar-refractivity contribution is -0.140. The van der Waals surface area contributed by atoms with Gasteiger partial charge in [-0.1, -0.05) is 6.58 Å². The first-order valence-corrected chi connectivity index (χ1v) is 3.62. The van der Waals surface area contributed by atoms with Gasteiger partial charge < -0.3 is 9.84 Å². The van der Waals surface area contributed by atoms with Crippen molar-refractivity contribution < 1.29 is 14.6 Å². The maximum atomic E-state index is 10.7. The summed E-state index contributed by atoms with van der Waals surface area (Å²) in [6.07, 6.45) is 6.10. The number of hydrogen-bond donors (Lipinski definition) is 1. The maximum absolute atomic E-state index is 10.7. The Labute approximate surface area is 70.7 Å². The molecule has 1 atom stereocenters. The molecule has 0 spiro atoms. The number of ether oxygens (including phenoxy) is 1. The minimum atomic E-state index is -0.445. The first kappa shape index (κ1) is 8.59. The Morgan fingerprint density at radius 1 is 1.83 bits per heavy atom. The van der Waals surface area contributed by atoms with Crippen molar-refractivity contribution in [2.45, 2.75) is 12.5 Å². The number of carbonyl (C=O) groups excluding carboxylic acids is 1. The highest BCUT2D eigenvalue weighted by atomic mass is 16.5. The predicted octanol–water partition coefficient (Wildman–Crippen LogP) is 1.49. The van der Waals surface area contributed by atoms with Crippen LogP contribution in [0, 0.1) is 0 Å². The third-order valence-electron chi connectivity index (χ3n) is 1.48. The smallest absolute Gasteiger partial charge is 0.330 e. The summed E-state index contributed by atoms with van der Waals surface area (Å²) in [5.74, 6) is -0.236. The molecule has 0 saturated heterocycles. The molecule has 0 aromatic heterocycles. The van der Waals surface area contributed by atoms with E-state index in [4.69, 9.17) is 9.84 Å². The van der Waals surface area contributed by atoms with E-state index < -0.39 is 5.97 Å². The summed E-state index contributed by atoms with van der Waals surface area (Å²) < 4.78 is 4.89. The number of hydrogen-bond acceptors (Lipinski definition) is 3. The predicted molar refractivity (Wildman–Crippen MR) is 44.5 cm³/mol. The molecular weight excluding hydrogens is 156 g/mol. The fourth-order valence-corrected chi connectivity index (χ4v) is 0.874. The molecule has 1 aliphatic rings. The minimum Gasteiger partial charge on any atom is -0.508 e. The average Bonchev–Trinajstić information content (AvgIpc) is 2.09. The molecule has 0 saturated carbocycles. The molecule has 12 heavy (non-hydrogen) atoms. The second-order valence-corrected chi connectivity index (χ2v) is 2.40. The van der Waals surface area contributed by atoms with Gasteiger partial charge >= 0.3 is 5.97 Å². The summed E-state index contributed by atoms with van der Waals surface area (Å²) in [6, 6.07) is 0. The van der Waals surface area contributed by atoms with E-state index in [1.54, 1.807) is 12.2 Å². The summed E-state index contributed by atoms with van der Waals surface area (Å²) in [4.78, 5) is 10.7. The lowest BCUT2D eigenvalue weighted by atomic mass is 10.1. The quantitative estimate of drug-likeness (QED) is 0.499. The first-order chi connectivity index (χ1) is 5.72. The fraction of sp³-hybridized carbons (Fsp3) is 0.222. The molecule has 0 amide bonds. The van der Waals surface area contributed by atoms with Crippen LogP contribution in [0.2, 0.25) is 0 Å². The average molecular weight is 166 g/mol. The Morgan fingerprint density at radius 2 is 2.58 bits per heavy atom. The Balaban J connectivity index is 2.43. The molecule has 1 N–H and O–H groups in total. The molecule has 64 valence electrons. The van der Waals surface area contributed by atoms with E-state index in [0.717, 1.165) is 6.08 Å². The van der Waals surface area contributed by atoms with Crippen LogP contribution in [0.5, 0.6) is 0 Å². The van der Waals surface area contributed by atoms with Crippen molar-refractivity contribution in [3.8, 4) is 0 Å². The minimum absolute atomic E-state index is 0.209. The van der Waals surface area contributed by atoms with E-state index in [1.165, 1.54) is 6.08 Å². The van der Waals surface area contributed by atoms with Crippen molar-refractivity contribution in [1.82, 2.24) is 0 Å². The van der Waals surface area contributed by atoms with E-state index in [1.807, 2.05) is 0 Å². The number of esters is 1. The van der Waals surface area contributed by atoms with Crippen LogP contribution in [0.1, 0.15) is 6.42 Å². The zero-order chi connectivity index (χ0) is 8.97. The first-order valence-electron chi connectivity index (χ1n) is 3.62. The van der Waals surface area contributed by atoms with Crippen molar-refractivity contribution >= 4 is 5.97 Å². The highest BCUT2D eigenvalue weighted by Gasteiger charge is 2.10. The topological polar surface area (TPSA) is 46.5 Å². The van der Waals surface area contributed by atoms with Gasteiger partial charge in [-0.15, -0.1) is 0 Å². The van der Waals surface area contributed by atoms with Crippen LogP contribution in [0.25, 0.3) is 0 Å². The van der Waals surface area contributed by atoms with Gasteiger partial charge in [-0.25, -0.2) is 4.79 Å². The molecule has 0 heterocycles. The second-order valence-electron chi connectivity index (χ2n) is 2.40. The zero-order valence-electron chi connectivity index (χ0n) is 6.56. The number of aliphatic hydroxyl groups excluding tert-OH is 1. The Bertz CT molecular complexity index is 250. The molecule has 1 aliphatic carbocycles. The van der Waals surface area contributed by atoms with E-state index in [-0.39, 0.29) is 11.9 Å². The fourth-order valence-electron chi connectivity index (χ4n) is 0.874. The number of allylic oxidation sites excluding steroid dienone is 1. The Kier molecular flexibility index (Phi) is 2.69. The molecule has 1 rings (SSSR count). The second kappa shape index (κ2) is 3.76. The molecule has 0 aliphatic heterocycles. The van der Waals surface area contributed by atoms with Gasteiger partial charge in [0.25, 0.3) is 0 Å². The van der Waals surface area contributed by atoms with E-state index in [2.05, 4.69) is 6.58 Å². The van der Waals surface area contributed by atoms with Gasteiger partial charge in [0.1, 0.15) is 11.9 Å². The van der Waals surface area contributed by atoms with Crippen LogP contribution in [0.4, 0.5) is 0 Å². The largest absolute Gasteiger partial charge is 0.508 e. The van der Waals surface area contributed by atoms with Crippen molar-refractivity contribution in [2.75, 3.05) is 0 Å². The number of carbonyl (C=O) groups is 1. The van der Waals surface area contributed by atoms with E-state index in [9.17, 15) is 4.79 Å². The van der Waals surface area contributed by atoms with Gasteiger partial charge in [-0.2, -0.15) is 0 Å². The van der Waals surface area contributed by atoms with Gasteiger partial charge in [0, 0.05) is 12.5 Å². The van der Waals surface area contributed by atoms with Crippen LogP contribution in [0.3, 0.4) is 0 Å². The van der Waals surface area contributed by atoms with Crippen LogP contribution in [-0.2, 0) is 9.53 Å². The molecule has 0 aromatic carbocycles. The van der Waals surface area contributed by atoms with E-state index in [0.29, 0.717) is 6.42 Å². The van der Waals surface area contributed by atoms with Crippen LogP contribution in [0.15, 0.2) is 36.6 Å². The summed E-state index contributed by atoms with van der Waals surface area (Å²) in [5, 5.41) is 8.93. The zero-order valence-corrected chi connectivity index (χ0v) is 6.56. The normalized spacial score (nSPS) is 21.3. The highest BCUT2D eigenvalue weighted by Crippen LogP contribution is 2.11. The summed E-state index contributed by atoms with van der Waals surface area (Å²) in [6.45, 7) is 3.28. The van der Waals surface area contributed by atoms with Gasteiger partial charge in [-0.05, 0) is 18.2 Å². The Morgan fingerprint density at radius 3 is 3.08 bits per heavy atom. The molecule has 3 nitrogen and oxygen atoms in total. The molecule has 0 fully saturated rings. The monoisotopic (exact) mass is 166 g/mol. The van der Waals surface area contributed by atoms with Crippen molar-refractivity contribution in [2.24, 2.45) is 0 Å².